The lowest BCUT2D eigenvalue weighted by Crippen LogP contribution is -2.25. The molecule has 2 unspecified atom stereocenters. The van der Waals surface area contributed by atoms with Crippen molar-refractivity contribution >= 4 is 34.5 Å². The lowest BCUT2D eigenvalue weighted by Gasteiger charge is -2.21. The summed E-state index contributed by atoms with van der Waals surface area (Å²) in [6.45, 7) is 1.70. The van der Waals surface area contributed by atoms with Gasteiger partial charge in [-0.2, -0.15) is 0 Å². The second-order valence-corrected chi connectivity index (χ2v) is 7.87. The van der Waals surface area contributed by atoms with Crippen LogP contribution < -0.4 is 10.1 Å². The molecule has 1 aliphatic heterocycles. The van der Waals surface area contributed by atoms with Gasteiger partial charge in [-0.25, -0.2) is 0 Å². The van der Waals surface area contributed by atoms with Crippen LogP contribution in [-0.2, 0) is 16.0 Å². The average molecular weight is 422 g/mol. The number of imide groups is 1. The molecule has 148 valence electrons. The fraction of sp³-hybridized carbons (Fsp3) is 0.300. The lowest BCUT2D eigenvalue weighted by atomic mass is 10.1. The van der Waals surface area contributed by atoms with Crippen molar-refractivity contribution in [1.82, 2.24) is 5.32 Å². The summed E-state index contributed by atoms with van der Waals surface area (Å²) >= 11 is 7.24. The van der Waals surface area contributed by atoms with Gasteiger partial charge >= 0.3 is 0 Å². The van der Waals surface area contributed by atoms with E-state index in [-0.39, 0.29) is 17.8 Å². The summed E-state index contributed by atoms with van der Waals surface area (Å²) in [7, 11) is 0. The molecule has 2 aromatic rings. The van der Waals surface area contributed by atoms with Crippen molar-refractivity contribution < 1.29 is 24.2 Å². The first-order valence-electron chi connectivity index (χ1n) is 8.73. The Hall–Kier alpha value is -2.06. The smallest absolute Gasteiger partial charge is 0.286 e. The highest BCUT2D eigenvalue weighted by molar-refractivity contribution is 8.15. The molecule has 0 bridgehead atoms. The number of hydrogen-bond acceptors (Lipinski definition) is 6. The number of carbonyl (C=O) groups is 2. The van der Waals surface area contributed by atoms with Gasteiger partial charge in [-0.15, -0.1) is 0 Å². The number of nitrogens with one attached hydrogen (secondary N) is 1. The fourth-order valence-corrected chi connectivity index (χ4v) is 3.93. The molecule has 0 aliphatic carbocycles. The van der Waals surface area contributed by atoms with Crippen molar-refractivity contribution in [3.63, 3.8) is 0 Å². The monoisotopic (exact) mass is 421 g/mol. The minimum absolute atomic E-state index is 0.170. The Balaban J connectivity index is 1.61. The molecule has 1 fully saturated rings. The van der Waals surface area contributed by atoms with Gasteiger partial charge in [0.15, 0.2) is 6.29 Å². The standard InChI is InChI=1S/C20H20ClNO5S/c1-12(23)27-17(15-4-2-3-5-16(15)21)11-26-14-8-6-13(7-9-14)10-18-19(24)22-20(25)28-18/h2-9,12,17-18,23H,10-11H2,1H3,(H,22,24,25)/t12?,17-,18?/m1/s1. The minimum Gasteiger partial charge on any atom is -0.491 e. The number of amides is 2. The zero-order chi connectivity index (χ0) is 20.1. The summed E-state index contributed by atoms with van der Waals surface area (Å²) in [4.78, 5) is 22.9. The maximum absolute atomic E-state index is 11.7. The number of rotatable bonds is 8. The Morgan fingerprint density at radius 2 is 1.89 bits per heavy atom. The summed E-state index contributed by atoms with van der Waals surface area (Å²) in [5, 5.41) is 11.7. The van der Waals surface area contributed by atoms with Crippen molar-refractivity contribution in [3.8, 4) is 5.75 Å². The number of halogens is 1. The van der Waals surface area contributed by atoms with Crippen LogP contribution in [0.1, 0.15) is 24.2 Å². The van der Waals surface area contributed by atoms with Gasteiger partial charge in [0.1, 0.15) is 18.5 Å². The fourth-order valence-electron chi connectivity index (χ4n) is 2.81. The Labute approximate surface area is 172 Å². The van der Waals surface area contributed by atoms with Crippen molar-refractivity contribution in [1.29, 1.82) is 0 Å². The van der Waals surface area contributed by atoms with E-state index in [1.807, 2.05) is 30.3 Å². The summed E-state index contributed by atoms with van der Waals surface area (Å²) in [6.07, 6.45) is -1.03. The van der Waals surface area contributed by atoms with Gasteiger partial charge in [-0.3, -0.25) is 14.9 Å². The normalized spacial score (nSPS) is 18.6. The number of aliphatic hydroxyl groups is 1. The zero-order valence-corrected chi connectivity index (χ0v) is 16.7. The number of hydrogen-bond donors (Lipinski definition) is 2. The van der Waals surface area contributed by atoms with E-state index in [9.17, 15) is 14.7 Å². The van der Waals surface area contributed by atoms with E-state index >= 15 is 0 Å². The molecule has 1 aliphatic rings. The summed E-state index contributed by atoms with van der Waals surface area (Å²) in [5.74, 6) is 0.364. The third-order valence-electron chi connectivity index (χ3n) is 4.13. The molecule has 0 aromatic heterocycles. The Bertz CT molecular complexity index is 843. The Morgan fingerprint density at radius 1 is 1.18 bits per heavy atom. The van der Waals surface area contributed by atoms with E-state index in [0.29, 0.717) is 17.2 Å². The topological polar surface area (TPSA) is 84.9 Å². The molecule has 2 aromatic carbocycles. The largest absolute Gasteiger partial charge is 0.491 e. The summed E-state index contributed by atoms with van der Waals surface area (Å²) in [6, 6.07) is 14.5. The highest BCUT2D eigenvalue weighted by atomic mass is 35.5. The molecular formula is C20H20ClNO5S. The molecule has 1 saturated heterocycles. The van der Waals surface area contributed by atoms with Gasteiger partial charge in [-0.1, -0.05) is 53.7 Å². The van der Waals surface area contributed by atoms with Crippen LogP contribution >= 0.6 is 23.4 Å². The predicted molar refractivity (Wildman–Crippen MR) is 108 cm³/mol. The first-order chi connectivity index (χ1) is 13.4. The minimum atomic E-state index is -0.968. The van der Waals surface area contributed by atoms with Gasteiger partial charge in [0.05, 0.1) is 5.25 Å². The predicted octanol–water partition coefficient (Wildman–Crippen LogP) is 3.71. The van der Waals surface area contributed by atoms with Crippen LogP contribution in [0, 0.1) is 0 Å². The van der Waals surface area contributed by atoms with Crippen LogP contribution in [0.5, 0.6) is 5.75 Å². The molecule has 3 rings (SSSR count). The molecule has 1 heterocycles. The Morgan fingerprint density at radius 3 is 2.50 bits per heavy atom. The molecule has 2 N–H and O–H groups in total. The zero-order valence-electron chi connectivity index (χ0n) is 15.1. The molecule has 6 nitrogen and oxygen atoms in total. The number of aliphatic hydroxyl groups excluding tert-OH is 1. The van der Waals surface area contributed by atoms with Crippen LogP contribution in [0.25, 0.3) is 0 Å². The second kappa shape index (κ2) is 9.43. The van der Waals surface area contributed by atoms with E-state index in [4.69, 9.17) is 21.1 Å². The van der Waals surface area contributed by atoms with E-state index < -0.39 is 17.6 Å². The van der Waals surface area contributed by atoms with Crippen LogP contribution in [-0.4, -0.2) is 34.4 Å². The second-order valence-electron chi connectivity index (χ2n) is 6.29. The van der Waals surface area contributed by atoms with Gasteiger partial charge < -0.3 is 14.6 Å². The summed E-state index contributed by atoms with van der Waals surface area (Å²) < 4.78 is 11.3. The molecule has 0 spiro atoms. The molecule has 8 heteroatoms. The third kappa shape index (κ3) is 5.48. The van der Waals surface area contributed by atoms with E-state index in [2.05, 4.69) is 5.32 Å². The molecular weight excluding hydrogens is 402 g/mol. The maximum Gasteiger partial charge on any atom is 0.286 e. The van der Waals surface area contributed by atoms with E-state index in [1.165, 1.54) is 6.92 Å². The molecule has 3 atom stereocenters. The van der Waals surface area contributed by atoms with Crippen LogP contribution in [0.15, 0.2) is 48.5 Å². The van der Waals surface area contributed by atoms with Crippen LogP contribution in [0.2, 0.25) is 5.02 Å². The summed E-state index contributed by atoms with van der Waals surface area (Å²) in [5.41, 5.74) is 1.66. The van der Waals surface area contributed by atoms with Crippen LogP contribution in [0.4, 0.5) is 4.79 Å². The van der Waals surface area contributed by atoms with Crippen molar-refractivity contribution in [3.05, 3.63) is 64.7 Å². The van der Waals surface area contributed by atoms with Crippen molar-refractivity contribution in [2.24, 2.45) is 0 Å². The van der Waals surface area contributed by atoms with Gasteiger partial charge in [0, 0.05) is 10.6 Å². The molecule has 0 radical (unpaired) electrons. The highest BCUT2D eigenvalue weighted by Gasteiger charge is 2.31. The first-order valence-corrected chi connectivity index (χ1v) is 9.99. The number of benzene rings is 2. The molecule has 28 heavy (non-hydrogen) atoms. The number of carbonyl (C=O) groups excluding carboxylic acids is 2. The van der Waals surface area contributed by atoms with Gasteiger partial charge in [0.2, 0.25) is 5.91 Å². The quantitative estimate of drug-likeness (QED) is 0.632. The van der Waals surface area contributed by atoms with Crippen molar-refractivity contribution in [2.75, 3.05) is 6.61 Å². The maximum atomic E-state index is 11.7. The number of thioether (sulfide) groups is 1. The van der Waals surface area contributed by atoms with E-state index in [1.54, 1.807) is 18.2 Å². The average Bonchev–Trinajstić information content (AvgIpc) is 2.97. The van der Waals surface area contributed by atoms with Crippen LogP contribution in [0.3, 0.4) is 0 Å². The van der Waals surface area contributed by atoms with Crippen molar-refractivity contribution in [2.45, 2.75) is 31.0 Å². The number of ether oxygens (including phenoxy) is 2. The van der Waals surface area contributed by atoms with Gasteiger partial charge in [0.25, 0.3) is 5.24 Å². The van der Waals surface area contributed by atoms with E-state index in [0.717, 1.165) is 22.9 Å². The third-order valence-corrected chi connectivity index (χ3v) is 5.45. The molecule has 2 amide bonds. The Kier molecular flexibility index (Phi) is 6.96. The van der Waals surface area contributed by atoms with Gasteiger partial charge in [-0.05, 0) is 37.1 Å². The molecule has 0 saturated carbocycles. The lowest BCUT2D eigenvalue weighted by molar-refractivity contribution is -0.135. The highest BCUT2D eigenvalue weighted by Crippen LogP contribution is 2.28. The first kappa shape index (κ1) is 20.7. The SMILES string of the molecule is CC(O)O[C@H](COc1ccc(CC2SC(=O)NC2=O)cc1)c1ccccc1Cl.